The van der Waals surface area contributed by atoms with E-state index in [1.807, 2.05) is 0 Å². The van der Waals surface area contributed by atoms with E-state index >= 15 is 0 Å². The highest BCUT2D eigenvalue weighted by atomic mass is 16.4. The van der Waals surface area contributed by atoms with Gasteiger partial charge in [-0.25, -0.2) is 0 Å². The fourth-order valence-electron chi connectivity index (χ4n) is 5.16. The molecular formula is C16H29N2O2+. The SMILES string of the molecule is C[NH+]1CCCC[C@H]1[C@H]1C[C@@H](C(=O)[O-])[C@H]2CCCC[NH+]2C1. The molecule has 3 aliphatic heterocycles. The average Bonchev–Trinajstić information content (AvgIpc) is 2.46. The van der Waals surface area contributed by atoms with E-state index in [0.717, 1.165) is 12.8 Å². The fourth-order valence-corrected chi connectivity index (χ4v) is 5.16. The molecule has 0 amide bonds. The number of piperidine rings is 3. The van der Waals surface area contributed by atoms with Crippen LogP contribution in [0.15, 0.2) is 0 Å². The Morgan fingerprint density at radius 1 is 1.05 bits per heavy atom. The van der Waals surface area contributed by atoms with E-state index in [9.17, 15) is 9.90 Å². The fraction of sp³-hybridized carbons (Fsp3) is 0.938. The maximum absolute atomic E-state index is 11.6. The zero-order valence-corrected chi connectivity index (χ0v) is 12.7. The first-order valence-electron chi connectivity index (χ1n) is 8.54. The Labute approximate surface area is 122 Å². The van der Waals surface area contributed by atoms with Crippen molar-refractivity contribution in [2.75, 3.05) is 26.7 Å². The molecule has 2 N–H and O–H groups in total. The standard InChI is InChI=1S/C16H28N2O2/c1-17-8-4-2-6-14(17)12-10-13(16(19)20)15-7-3-5-9-18(15)11-12/h12-15H,2-11H2,1H3,(H,19,20)/p+1/t12-,13+,14-,15+/m0/s1. The number of carboxylic acids is 1. The van der Waals surface area contributed by atoms with E-state index in [-0.39, 0.29) is 5.92 Å². The molecule has 0 aromatic heterocycles. The van der Waals surface area contributed by atoms with Crippen LogP contribution in [-0.2, 0) is 4.79 Å². The van der Waals surface area contributed by atoms with E-state index in [1.54, 1.807) is 9.80 Å². The van der Waals surface area contributed by atoms with Gasteiger partial charge in [-0.15, -0.1) is 0 Å². The summed E-state index contributed by atoms with van der Waals surface area (Å²) in [5.41, 5.74) is 0. The summed E-state index contributed by atoms with van der Waals surface area (Å²) in [7, 11) is 2.30. The Morgan fingerprint density at radius 3 is 2.45 bits per heavy atom. The van der Waals surface area contributed by atoms with Crippen molar-refractivity contribution in [2.24, 2.45) is 11.8 Å². The highest BCUT2D eigenvalue weighted by Gasteiger charge is 2.45. The molecule has 4 heteroatoms. The molecule has 3 saturated heterocycles. The summed E-state index contributed by atoms with van der Waals surface area (Å²) >= 11 is 0. The van der Waals surface area contributed by atoms with Gasteiger partial charge in [0.1, 0.15) is 0 Å². The minimum atomic E-state index is -0.785. The van der Waals surface area contributed by atoms with Crippen LogP contribution in [0.1, 0.15) is 44.9 Å². The normalized spacial score (nSPS) is 45.6. The van der Waals surface area contributed by atoms with E-state index in [0.29, 0.717) is 18.0 Å². The van der Waals surface area contributed by atoms with Gasteiger partial charge in [-0.2, -0.15) is 0 Å². The van der Waals surface area contributed by atoms with Gasteiger partial charge >= 0.3 is 0 Å². The second-order valence-corrected chi connectivity index (χ2v) is 7.33. The Bertz CT molecular complexity index is 360. The molecule has 3 rings (SSSR count). The summed E-state index contributed by atoms with van der Waals surface area (Å²) in [6, 6.07) is 1.02. The number of carbonyl (C=O) groups is 1. The molecular weight excluding hydrogens is 252 g/mol. The van der Waals surface area contributed by atoms with Gasteiger partial charge in [-0.3, -0.25) is 0 Å². The number of hydrogen-bond acceptors (Lipinski definition) is 2. The number of quaternary nitrogens is 2. The van der Waals surface area contributed by atoms with Gasteiger partial charge in [0.15, 0.2) is 0 Å². The molecule has 6 atom stereocenters. The first kappa shape index (κ1) is 14.3. The van der Waals surface area contributed by atoms with Gasteiger partial charge in [0, 0.05) is 12.8 Å². The molecule has 3 heterocycles. The summed E-state index contributed by atoms with van der Waals surface area (Å²) in [4.78, 5) is 14.8. The quantitative estimate of drug-likeness (QED) is 0.608. The van der Waals surface area contributed by atoms with Crippen molar-refractivity contribution < 1.29 is 19.7 Å². The molecule has 114 valence electrons. The number of aliphatic carboxylic acids is 1. The lowest BCUT2D eigenvalue weighted by Gasteiger charge is -2.47. The van der Waals surface area contributed by atoms with Crippen LogP contribution in [0.2, 0.25) is 0 Å². The topological polar surface area (TPSA) is 49.0 Å². The van der Waals surface area contributed by atoms with E-state index < -0.39 is 5.97 Å². The van der Waals surface area contributed by atoms with E-state index in [2.05, 4.69) is 7.05 Å². The minimum absolute atomic E-state index is 0.196. The monoisotopic (exact) mass is 281 g/mol. The first-order valence-corrected chi connectivity index (χ1v) is 8.54. The van der Waals surface area contributed by atoms with Crippen molar-refractivity contribution >= 4 is 5.97 Å². The summed E-state index contributed by atoms with van der Waals surface area (Å²) < 4.78 is 0. The molecule has 3 fully saturated rings. The molecule has 0 aromatic carbocycles. The zero-order chi connectivity index (χ0) is 14.1. The number of likely N-dealkylation sites (tertiary alicyclic amines) is 1. The highest BCUT2D eigenvalue weighted by molar-refractivity contribution is 5.68. The molecule has 20 heavy (non-hydrogen) atoms. The van der Waals surface area contributed by atoms with Crippen LogP contribution in [0.3, 0.4) is 0 Å². The molecule has 0 spiro atoms. The lowest BCUT2D eigenvalue weighted by atomic mass is 9.75. The molecule has 3 aliphatic rings. The van der Waals surface area contributed by atoms with E-state index in [4.69, 9.17) is 0 Å². The van der Waals surface area contributed by atoms with Crippen molar-refractivity contribution in [3.05, 3.63) is 0 Å². The number of carboxylic acid groups (broad SMARTS) is 1. The lowest BCUT2D eigenvalue weighted by Crippen LogP contribution is -3.21. The maximum atomic E-state index is 11.6. The van der Waals surface area contributed by atoms with Gasteiger partial charge in [-0.1, -0.05) is 0 Å². The van der Waals surface area contributed by atoms with Crippen molar-refractivity contribution in [3.8, 4) is 0 Å². The van der Waals surface area contributed by atoms with Crippen molar-refractivity contribution in [3.63, 3.8) is 0 Å². The number of rotatable bonds is 2. The van der Waals surface area contributed by atoms with Crippen LogP contribution in [-0.4, -0.2) is 44.7 Å². The largest absolute Gasteiger partial charge is 0.550 e. The highest BCUT2D eigenvalue weighted by Crippen LogP contribution is 2.26. The molecule has 2 unspecified atom stereocenters. The van der Waals surface area contributed by atoms with Gasteiger partial charge in [0.25, 0.3) is 0 Å². The summed E-state index contributed by atoms with van der Waals surface area (Å²) in [6.07, 6.45) is 8.38. The van der Waals surface area contributed by atoms with Crippen LogP contribution in [0.25, 0.3) is 0 Å². The van der Waals surface area contributed by atoms with Crippen LogP contribution < -0.4 is 14.9 Å². The first-order chi connectivity index (χ1) is 9.66. The molecule has 0 bridgehead atoms. The van der Waals surface area contributed by atoms with Crippen LogP contribution in [0.5, 0.6) is 0 Å². The minimum Gasteiger partial charge on any atom is -0.550 e. The number of carbonyl (C=O) groups excluding carboxylic acids is 1. The van der Waals surface area contributed by atoms with Gasteiger partial charge < -0.3 is 19.7 Å². The number of hydrogen-bond donors (Lipinski definition) is 2. The van der Waals surface area contributed by atoms with Gasteiger partial charge in [0.05, 0.1) is 56.6 Å². The zero-order valence-electron chi connectivity index (χ0n) is 12.7. The van der Waals surface area contributed by atoms with Crippen molar-refractivity contribution in [1.82, 2.24) is 0 Å². The Morgan fingerprint density at radius 2 is 1.75 bits per heavy atom. The summed E-state index contributed by atoms with van der Waals surface area (Å²) in [5.74, 6) is -0.395. The Kier molecular flexibility index (Phi) is 4.32. The predicted octanol–water partition coefficient (Wildman–Crippen LogP) is -2.12. The second kappa shape index (κ2) is 6.02. The van der Waals surface area contributed by atoms with Crippen LogP contribution in [0, 0.1) is 11.8 Å². The van der Waals surface area contributed by atoms with Crippen LogP contribution >= 0.6 is 0 Å². The third-order valence-electron chi connectivity index (χ3n) is 6.20. The molecule has 0 saturated carbocycles. The molecule has 0 radical (unpaired) electrons. The van der Waals surface area contributed by atoms with Crippen molar-refractivity contribution in [1.29, 1.82) is 0 Å². The Hall–Kier alpha value is -0.610. The smallest absolute Gasteiger partial charge is 0.0956 e. The molecule has 0 aromatic rings. The lowest BCUT2D eigenvalue weighted by molar-refractivity contribution is -0.958. The van der Waals surface area contributed by atoms with E-state index in [1.165, 1.54) is 51.7 Å². The maximum Gasteiger partial charge on any atom is 0.0956 e. The number of fused-ring (bicyclic) bond motifs is 1. The number of nitrogens with one attached hydrogen (secondary N) is 2. The Balaban J connectivity index is 1.74. The second-order valence-electron chi connectivity index (χ2n) is 7.33. The summed E-state index contributed by atoms with van der Waals surface area (Å²) in [5, 5.41) is 11.6. The predicted molar refractivity (Wildman–Crippen MR) is 74.3 cm³/mol. The van der Waals surface area contributed by atoms with Crippen molar-refractivity contribution in [2.45, 2.75) is 57.0 Å². The van der Waals surface area contributed by atoms with Gasteiger partial charge in [-0.05, 0) is 32.1 Å². The van der Waals surface area contributed by atoms with Crippen LogP contribution in [0.4, 0.5) is 0 Å². The molecule has 0 aliphatic carbocycles. The third-order valence-corrected chi connectivity index (χ3v) is 6.20. The molecule has 4 nitrogen and oxygen atoms in total. The summed E-state index contributed by atoms with van der Waals surface area (Å²) in [6.45, 7) is 3.64. The van der Waals surface area contributed by atoms with Gasteiger partial charge in [0.2, 0.25) is 0 Å². The third kappa shape index (κ3) is 2.73. The average molecular weight is 281 g/mol.